The number of ether oxygens (including phenoxy) is 2. The zero-order chi connectivity index (χ0) is 15.0. The van der Waals surface area contributed by atoms with Crippen LogP contribution in [0.4, 0.5) is 0 Å². The first-order valence-electron chi connectivity index (χ1n) is 6.33. The molecule has 0 aliphatic carbocycles. The van der Waals surface area contributed by atoms with Crippen molar-refractivity contribution >= 4 is 11.8 Å². The van der Waals surface area contributed by atoms with Crippen LogP contribution in [0.1, 0.15) is 23.7 Å². The summed E-state index contributed by atoms with van der Waals surface area (Å²) in [5, 5.41) is 5.44. The van der Waals surface area contributed by atoms with E-state index in [-0.39, 0.29) is 11.8 Å². The standard InChI is InChI=1S/C14H20N2O4/c1-10(17)15-7-4-8-16-14(18)11-5-6-12(19-2)13(9-11)20-3/h5-6,9H,4,7-8H2,1-3H3,(H,15,17)(H,16,18). The van der Waals surface area contributed by atoms with Crippen LogP contribution in [0.5, 0.6) is 11.5 Å². The monoisotopic (exact) mass is 280 g/mol. The molecule has 110 valence electrons. The predicted molar refractivity (Wildman–Crippen MR) is 75.2 cm³/mol. The summed E-state index contributed by atoms with van der Waals surface area (Å²) in [7, 11) is 3.06. The molecule has 0 bridgehead atoms. The van der Waals surface area contributed by atoms with Gasteiger partial charge in [-0.1, -0.05) is 0 Å². The van der Waals surface area contributed by atoms with Gasteiger partial charge in [0.2, 0.25) is 5.91 Å². The van der Waals surface area contributed by atoms with E-state index < -0.39 is 0 Å². The highest BCUT2D eigenvalue weighted by Gasteiger charge is 2.10. The minimum atomic E-state index is -0.186. The van der Waals surface area contributed by atoms with Crippen LogP contribution >= 0.6 is 0 Å². The number of carbonyl (C=O) groups is 2. The molecule has 0 atom stereocenters. The van der Waals surface area contributed by atoms with Gasteiger partial charge in [0.15, 0.2) is 11.5 Å². The summed E-state index contributed by atoms with van der Waals surface area (Å²) in [5.74, 6) is 0.832. The van der Waals surface area contributed by atoms with Crippen molar-refractivity contribution in [2.24, 2.45) is 0 Å². The molecule has 1 rings (SSSR count). The number of hydrogen-bond donors (Lipinski definition) is 2. The molecule has 1 aromatic rings. The van der Waals surface area contributed by atoms with Gasteiger partial charge in [0.05, 0.1) is 14.2 Å². The van der Waals surface area contributed by atoms with E-state index in [1.807, 2.05) is 0 Å². The second-order valence-electron chi connectivity index (χ2n) is 4.16. The van der Waals surface area contributed by atoms with Gasteiger partial charge in [-0.3, -0.25) is 9.59 Å². The van der Waals surface area contributed by atoms with E-state index in [1.54, 1.807) is 25.3 Å². The van der Waals surface area contributed by atoms with Gasteiger partial charge in [-0.15, -0.1) is 0 Å². The van der Waals surface area contributed by atoms with Gasteiger partial charge >= 0.3 is 0 Å². The lowest BCUT2D eigenvalue weighted by atomic mass is 10.2. The largest absolute Gasteiger partial charge is 0.493 e. The Morgan fingerprint density at radius 2 is 1.70 bits per heavy atom. The lowest BCUT2D eigenvalue weighted by Gasteiger charge is -2.10. The maximum Gasteiger partial charge on any atom is 0.251 e. The molecule has 0 saturated heterocycles. The average Bonchev–Trinajstić information content (AvgIpc) is 2.45. The molecule has 6 heteroatoms. The van der Waals surface area contributed by atoms with E-state index in [0.29, 0.717) is 36.6 Å². The molecule has 0 aliphatic rings. The minimum absolute atomic E-state index is 0.0729. The number of amides is 2. The highest BCUT2D eigenvalue weighted by molar-refractivity contribution is 5.94. The van der Waals surface area contributed by atoms with E-state index in [1.165, 1.54) is 14.0 Å². The SMILES string of the molecule is COc1ccc(C(=O)NCCCNC(C)=O)cc1OC. The van der Waals surface area contributed by atoms with Gasteiger partial charge in [0.25, 0.3) is 5.91 Å². The zero-order valence-corrected chi connectivity index (χ0v) is 12.0. The third-order valence-electron chi connectivity index (χ3n) is 2.66. The van der Waals surface area contributed by atoms with Gasteiger partial charge in [-0.05, 0) is 24.6 Å². The summed E-state index contributed by atoms with van der Waals surface area (Å²) in [4.78, 5) is 22.6. The first kappa shape index (κ1) is 15.8. The Balaban J connectivity index is 2.49. The Labute approximate surface area is 118 Å². The van der Waals surface area contributed by atoms with E-state index in [4.69, 9.17) is 9.47 Å². The van der Waals surface area contributed by atoms with E-state index in [0.717, 1.165) is 0 Å². The van der Waals surface area contributed by atoms with Crippen LogP contribution in [0, 0.1) is 0 Å². The van der Waals surface area contributed by atoms with Crippen LogP contribution in [0.25, 0.3) is 0 Å². The van der Waals surface area contributed by atoms with Crippen molar-refractivity contribution in [3.63, 3.8) is 0 Å². The van der Waals surface area contributed by atoms with Crippen molar-refractivity contribution in [3.8, 4) is 11.5 Å². The van der Waals surface area contributed by atoms with Crippen LogP contribution in [0.2, 0.25) is 0 Å². The van der Waals surface area contributed by atoms with Gasteiger partial charge in [0, 0.05) is 25.6 Å². The van der Waals surface area contributed by atoms with Gasteiger partial charge in [-0.2, -0.15) is 0 Å². The van der Waals surface area contributed by atoms with Crippen molar-refractivity contribution in [1.82, 2.24) is 10.6 Å². The summed E-state index contributed by atoms with van der Waals surface area (Å²) in [6.07, 6.45) is 0.679. The van der Waals surface area contributed by atoms with Crippen molar-refractivity contribution in [1.29, 1.82) is 0 Å². The van der Waals surface area contributed by atoms with Crippen molar-refractivity contribution in [3.05, 3.63) is 23.8 Å². The Bertz CT molecular complexity index is 474. The maximum absolute atomic E-state index is 11.9. The molecule has 0 spiro atoms. The molecular weight excluding hydrogens is 260 g/mol. The lowest BCUT2D eigenvalue weighted by Crippen LogP contribution is -2.28. The van der Waals surface area contributed by atoms with Crippen LogP contribution in [-0.2, 0) is 4.79 Å². The molecule has 6 nitrogen and oxygen atoms in total. The number of rotatable bonds is 7. The minimum Gasteiger partial charge on any atom is -0.493 e. The second-order valence-corrected chi connectivity index (χ2v) is 4.16. The number of methoxy groups -OCH3 is 2. The highest BCUT2D eigenvalue weighted by Crippen LogP contribution is 2.27. The third-order valence-corrected chi connectivity index (χ3v) is 2.66. The van der Waals surface area contributed by atoms with Gasteiger partial charge in [0.1, 0.15) is 0 Å². The summed E-state index contributed by atoms with van der Waals surface area (Å²) >= 11 is 0. The number of benzene rings is 1. The summed E-state index contributed by atoms with van der Waals surface area (Å²) < 4.78 is 10.3. The molecule has 0 radical (unpaired) electrons. The predicted octanol–water partition coefficient (Wildman–Crippen LogP) is 0.960. The number of carbonyl (C=O) groups excluding carboxylic acids is 2. The summed E-state index contributed by atoms with van der Waals surface area (Å²) in [6, 6.07) is 4.98. The van der Waals surface area contributed by atoms with E-state index >= 15 is 0 Å². The van der Waals surface area contributed by atoms with Gasteiger partial charge in [-0.25, -0.2) is 0 Å². The first-order chi connectivity index (χ1) is 9.58. The smallest absolute Gasteiger partial charge is 0.251 e. The molecule has 1 aromatic carbocycles. The highest BCUT2D eigenvalue weighted by atomic mass is 16.5. The molecule has 0 fully saturated rings. The molecule has 0 unspecified atom stereocenters. The molecule has 0 aliphatic heterocycles. The fourth-order valence-corrected chi connectivity index (χ4v) is 1.63. The molecule has 20 heavy (non-hydrogen) atoms. The topological polar surface area (TPSA) is 76.7 Å². The Kier molecular flexibility index (Phi) is 6.36. The Morgan fingerprint density at radius 1 is 1.05 bits per heavy atom. The molecule has 0 aromatic heterocycles. The molecule has 2 N–H and O–H groups in total. The zero-order valence-electron chi connectivity index (χ0n) is 12.0. The molecule has 0 heterocycles. The third kappa shape index (κ3) is 4.79. The fourth-order valence-electron chi connectivity index (χ4n) is 1.63. The van der Waals surface area contributed by atoms with Crippen molar-refractivity contribution < 1.29 is 19.1 Å². The van der Waals surface area contributed by atoms with Crippen LogP contribution < -0.4 is 20.1 Å². The van der Waals surface area contributed by atoms with Crippen LogP contribution in [0.15, 0.2) is 18.2 Å². The normalized spacial score (nSPS) is 9.75. The van der Waals surface area contributed by atoms with Crippen molar-refractivity contribution in [2.75, 3.05) is 27.3 Å². The maximum atomic E-state index is 11.9. The summed E-state index contributed by atoms with van der Waals surface area (Å²) in [6.45, 7) is 2.50. The van der Waals surface area contributed by atoms with Crippen molar-refractivity contribution in [2.45, 2.75) is 13.3 Å². The lowest BCUT2D eigenvalue weighted by molar-refractivity contribution is -0.118. The average molecular weight is 280 g/mol. The molecule has 2 amide bonds. The Morgan fingerprint density at radius 3 is 2.30 bits per heavy atom. The molecular formula is C14H20N2O4. The van der Waals surface area contributed by atoms with E-state index in [2.05, 4.69) is 10.6 Å². The number of hydrogen-bond acceptors (Lipinski definition) is 4. The van der Waals surface area contributed by atoms with E-state index in [9.17, 15) is 9.59 Å². The summed E-state index contributed by atoms with van der Waals surface area (Å²) in [5.41, 5.74) is 0.502. The molecule has 0 saturated carbocycles. The first-order valence-corrected chi connectivity index (χ1v) is 6.33. The fraction of sp³-hybridized carbons (Fsp3) is 0.429. The van der Waals surface area contributed by atoms with Gasteiger partial charge < -0.3 is 20.1 Å². The quantitative estimate of drug-likeness (QED) is 0.729. The number of nitrogens with one attached hydrogen (secondary N) is 2. The Hall–Kier alpha value is -2.24. The van der Waals surface area contributed by atoms with Crippen LogP contribution in [-0.4, -0.2) is 39.1 Å². The van der Waals surface area contributed by atoms with Crippen LogP contribution in [0.3, 0.4) is 0 Å². The second kappa shape index (κ2) is 8.04.